The summed E-state index contributed by atoms with van der Waals surface area (Å²) >= 11 is 0. The van der Waals surface area contributed by atoms with Gasteiger partial charge in [0.1, 0.15) is 5.75 Å². The number of esters is 1. The van der Waals surface area contributed by atoms with Gasteiger partial charge in [-0.15, -0.1) is 0 Å². The molecule has 0 saturated carbocycles. The van der Waals surface area contributed by atoms with Gasteiger partial charge < -0.3 is 14.8 Å². The lowest BCUT2D eigenvalue weighted by Gasteiger charge is -2.09. The van der Waals surface area contributed by atoms with Gasteiger partial charge in [-0.3, -0.25) is 9.59 Å². The summed E-state index contributed by atoms with van der Waals surface area (Å²) in [5.74, 6) is -0.384. The van der Waals surface area contributed by atoms with E-state index in [0.29, 0.717) is 29.3 Å². The number of amides is 1. The van der Waals surface area contributed by atoms with Gasteiger partial charge in [0.15, 0.2) is 5.69 Å². The smallest absolute Gasteiger partial charge is 0.338 e. The lowest BCUT2D eigenvalue weighted by atomic mass is 10.2. The summed E-state index contributed by atoms with van der Waals surface area (Å²) in [4.78, 5) is 36.8. The van der Waals surface area contributed by atoms with Crippen LogP contribution in [0.3, 0.4) is 0 Å². The average molecular weight is 421 g/mol. The van der Waals surface area contributed by atoms with Gasteiger partial charge in [0.2, 0.25) is 5.43 Å². The van der Waals surface area contributed by atoms with Crippen molar-refractivity contribution in [2.75, 3.05) is 19.0 Å². The lowest BCUT2D eigenvalue weighted by Crippen LogP contribution is -2.25. The van der Waals surface area contributed by atoms with Crippen molar-refractivity contribution >= 4 is 17.6 Å². The number of hydrogen-bond donors (Lipinski definition) is 1. The van der Waals surface area contributed by atoms with Gasteiger partial charge in [-0.05, 0) is 55.0 Å². The van der Waals surface area contributed by atoms with Crippen LogP contribution >= 0.6 is 0 Å². The number of carbonyl (C=O) groups excluding carboxylic acids is 2. The minimum atomic E-state index is -0.647. The van der Waals surface area contributed by atoms with Crippen LogP contribution < -0.4 is 15.5 Å². The Balaban J connectivity index is 1.72. The molecule has 1 aromatic heterocycles. The molecule has 0 bridgehead atoms. The van der Waals surface area contributed by atoms with E-state index in [1.807, 2.05) is 6.92 Å². The minimum absolute atomic E-state index is 0.249. The monoisotopic (exact) mass is 421 g/mol. The van der Waals surface area contributed by atoms with E-state index in [1.165, 1.54) is 16.9 Å². The maximum absolute atomic E-state index is 12.6. The van der Waals surface area contributed by atoms with Crippen molar-refractivity contribution in [3.05, 3.63) is 82.3 Å². The second kappa shape index (κ2) is 10.2. The first-order chi connectivity index (χ1) is 15.0. The number of nitrogens with zero attached hydrogens (tertiary/aromatic N) is 2. The Morgan fingerprint density at radius 3 is 2.39 bits per heavy atom. The molecule has 1 amide bonds. The first-order valence-corrected chi connectivity index (χ1v) is 9.84. The van der Waals surface area contributed by atoms with Crippen LogP contribution in [0.5, 0.6) is 5.75 Å². The predicted molar refractivity (Wildman–Crippen MR) is 116 cm³/mol. The summed E-state index contributed by atoms with van der Waals surface area (Å²) in [5, 5.41) is 6.79. The van der Waals surface area contributed by atoms with Crippen LogP contribution in [0.2, 0.25) is 0 Å². The average Bonchev–Trinajstić information content (AvgIpc) is 2.80. The van der Waals surface area contributed by atoms with Gasteiger partial charge in [-0.2, -0.15) is 5.10 Å². The van der Waals surface area contributed by atoms with Crippen molar-refractivity contribution < 1.29 is 19.1 Å². The van der Waals surface area contributed by atoms with Gasteiger partial charge >= 0.3 is 5.97 Å². The van der Waals surface area contributed by atoms with Gasteiger partial charge in [0.25, 0.3) is 5.91 Å². The maximum atomic E-state index is 12.6. The Bertz CT molecular complexity index is 1110. The van der Waals surface area contributed by atoms with E-state index in [-0.39, 0.29) is 5.69 Å². The SMILES string of the molecule is CCCCOC(=O)c1ccc(NC(=O)c2nn(-c3ccc(OC)cc3)ccc2=O)cc1. The Hall–Kier alpha value is -3.94. The van der Waals surface area contributed by atoms with Crippen LogP contribution in [-0.2, 0) is 4.74 Å². The molecule has 8 nitrogen and oxygen atoms in total. The summed E-state index contributed by atoms with van der Waals surface area (Å²) < 4.78 is 11.7. The number of hydrogen-bond acceptors (Lipinski definition) is 6. The zero-order chi connectivity index (χ0) is 22.2. The fourth-order valence-electron chi connectivity index (χ4n) is 2.72. The first kappa shape index (κ1) is 21.8. The van der Waals surface area contributed by atoms with Gasteiger partial charge in [-0.1, -0.05) is 13.3 Å². The minimum Gasteiger partial charge on any atom is -0.497 e. The fourth-order valence-corrected chi connectivity index (χ4v) is 2.72. The Labute approximate surface area is 179 Å². The molecule has 3 rings (SSSR count). The quantitative estimate of drug-likeness (QED) is 0.442. The molecule has 2 aromatic carbocycles. The zero-order valence-electron chi connectivity index (χ0n) is 17.3. The van der Waals surface area contributed by atoms with E-state index < -0.39 is 17.3 Å². The van der Waals surface area contributed by atoms with E-state index in [2.05, 4.69) is 10.4 Å². The molecular formula is C23H23N3O5. The third kappa shape index (κ3) is 5.57. The third-order valence-electron chi connectivity index (χ3n) is 4.47. The molecule has 0 spiro atoms. The number of methoxy groups -OCH3 is 1. The fraction of sp³-hybridized carbons (Fsp3) is 0.217. The molecule has 0 atom stereocenters. The molecule has 1 heterocycles. The molecule has 8 heteroatoms. The molecule has 0 aliphatic rings. The maximum Gasteiger partial charge on any atom is 0.338 e. The number of aromatic nitrogens is 2. The molecule has 31 heavy (non-hydrogen) atoms. The molecule has 0 aliphatic carbocycles. The van der Waals surface area contributed by atoms with E-state index in [1.54, 1.807) is 55.6 Å². The van der Waals surface area contributed by atoms with Crippen molar-refractivity contribution in [1.29, 1.82) is 0 Å². The second-order valence-electron chi connectivity index (χ2n) is 6.69. The van der Waals surface area contributed by atoms with Crippen LogP contribution in [0.1, 0.15) is 40.6 Å². The van der Waals surface area contributed by atoms with Crippen molar-refractivity contribution in [2.45, 2.75) is 19.8 Å². The van der Waals surface area contributed by atoms with Crippen molar-refractivity contribution in [2.24, 2.45) is 0 Å². The summed E-state index contributed by atoms with van der Waals surface area (Å²) in [6.07, 6.45) is 3.23. The Morgan fingerprint density at radius 2 is 1.74 bits per heavy atom. The van der Waals surface area contributed by atoms with E-state index in [0.717, 1.165) is 12.8 Å². The number of anilines is 1. The first-order valence-electron chi connectivity index (χ1n) is 9.84. The summed E-state index contributed by atoms with van der Waals surface area (Å²) in [7, 11) is 1.57. The third-order valence-corrected chi connectivity index (χ3v) is 4.47. The van der Waals surface area contributed by atoms with Crippen LogP contribution in [0.15, 0.2) is 65.6 Å². The summed E-state index contributed by atoms with van der Waals surface area (Å²) in [6.45, 7) is 2.38. The largest absolute Gasteiger partial charge is 0.497 e. The number of ether oxygens (including phenoxy) is 2. The van der Waals surface area contributed by atoms with E-state index in [9.17, 15) is 14.4 Å². The van der Waals surface area contributed by atoms with Crippen molar-refractivity contribution in [3.63, 3.8) is 0 Å². The van der Waals surface area contributed by atoms with Crippen LogP contribution in [0.25, 0.3) is 5.69 Å². The van der Waals surface area contributed by atoms with Gasteiger partial charge in [0, 0.05) is 18.0 Å². The molecule has 3 aromatic rings. The highest BCUT2D eigenvalue weighted by Gasteiger charge is 2.14. The van der Waals surface area contributed by atoms with E-state index in [4.69, 9.17) is 9.47 Å². The zero-order valence-corrected chi connectivity index (χ0v) is 17.3. The molecule has 0 fully saturated rings. The Morgan fingerprint density at radius 1 is 1.03 bits per heavy atom. The number of rotatable bonds is 8. The standard InChI is InChI=1S/C23H23N3O5/c1-3-4-15-31-23(29)16-5-7-17(8-6-16)24-22(28)21-20(27)13-14-26(25-21)18-9-11-19(30-2)12-10-18/h5-14H,3-4,15H2,1-2H3,(H,24,28). The van der Waals surface area contributed by atoms with Crippen LogP contribution in [0.4, 0.5) is 5.69 Å². The molecular weight excluding hydrogens is 398 g/mol. The normalized spacial score (nSPS) is 10.4. The number of unbranched alkanes of at least 4 members (excludes halogenated alkanes) is 1. The number of nitrogens with one attached hydrogen (secondary N) is 1. The summed E-state index contributed by atoms with van der Waals surface area (Å²) in [6, 6.07) is 14.6. The van der Waals surface area contributed by atoms with E-state index >= 15 is 0 Å². The molecule has 160 valence electrons. The highest BCUT2D eigenvalue weighted by atomic mass is 16.5. The Kier molecular flexibility index (Phi) is 7.16. The predicted octanol–water partition coefficient (Wildman–Crippen LogP) is 3.45. The molecule has 0 saturated heterocycles. The highest BCUT2D eigenvalue weighted by molar-refractivity contribution is 6.03. The summed E-state index contributed by atoms with van der Waals surface area (Å²) in [5.41, 5.74) is 0.727. The topological polar surface area (TPSA) is 99.5 Å². The highest BCUT2D eigenvalue weighted by Crippen LogP contribution is 2.14. The van der Waals surface area contributed by atoms with Crippen molar-refractivity contribution in [3.8, 4) is 11.4 Å². The van der Waals surface area contributed by atoms with Crippen molar-refractivity contribution in [1.82, 2.24) is 9.78 Å². The number of benzene rings is 2. The van der Waals surface area contributed by atoms with Crippen LogP contribution in [0, 0.1) is 0 Å². The lowest BCUT2D eigenvalue weighted by molar-refractivity contribution is 0.0499. The molecule has 0 radical (unpaired) electrons. The second-order valence-corrected chi connectivity index (χ2v) is 6.69. The van der Waals surface area contributed by atoms with Crippen LogP contribution in [-0.4, -0.2) is 35.4 Å². The van der Waals surface area contributed by atoms with Gasteiger partial charge in [0.05, 0.1) is 25.0 Å². The molecule has 0 unspecified atom stereocenters. The molecule has 0 aliphatic heterocycles. The molecule has 1 N–H and O–H groups in total. The van der Waals surface area contributed by atoms with Gasteiger partial charge in [-0.25, -0.2) is 9.48 Å². The number of carbonyl (C=O) groups is 2.